The van der Waals surface area contributed by atoms with E-state index in [0.717, 1.165) is 0 Å². The molecule has 0 radical (unpaired) electrons. The smallest absolute Gasteiger partial charge is 0.416 e. The summed E-state index contributed by atoms with van der Waals surface area (Å²) in [7, 11) is 1.51. The van der Waals surface area contributed by atoms with Crippen LogP contribution in [0.4, 0.5) is 26.3 Å². The molecule has 0 spiro atoms. The number of hydrogen-bond acceptors (Lipinski definition) is 3. The highest BCUT2D eigenvalue weighted by Crippen LogP contribution is 2.36. The molecule has 2 aromatic carbocycles. The van der Waals surface area contributed by atoms with Crippen molar-refractivity contribution in [2.45, 2.75) is 24.9 Å². The average molecular weight is 433 g/mol. The highest BCUT2D eigenvalue weighted by atomic mass is 19.4. The number of halogens is 6. The van der Waals surface area contributed by atoms with Crippen LogP contribution < -0.4 is 9.47 Å². The molecule has 0 N–H and O–H groups in total. The monoisotopic (exact) mass is 433 g/mol. The highest BCUT2D eigenvalue weighted by Gasteiger charge is 2.38. The predicted octanol–water partition coefficient (Wildman–Crippen LogP) is 5.03. The van der Waals surface area contributed by atoms with Gasteiger partial charge in [0, 0.05) is 18.5 Å². The van der Waals surface area contributed by atoms with Gasteiger partial charge in [0.15, 0.2) is 0 Å². The van der Waals surface area contributed by atoms with Crippen LogP contribution in [0.5, 0.6) is 11.5 Å². The first-order valence-corrected chi connectivity index (χ1v) is 8.87. The van der Waals surface area contributed by atoms with Crippen molar-refractivity contribution in [3.8, 4) is 11.5 Å². The maximum Gasteiger partial charge on any atom is 0.416 e. The van der Waals surface area contributed by atoms with E-state index in [1.165, 1.54) is 12.0 Å². The van der Waals surface area contributed by atoms with Gasteiger partial charge < -0.3 is 14.4 Å². The van der Waals surface area contributed by atoms with Crippen LogP contribution in [0.15, 0.2) is 42.5 Å². The van der Waals surface area contributed by atoms with Crippen molar-refractivity contribution in [1.82, 2.24) is 4.90 Å². The lowest BCUT2D eigenvalue weighted by Crippen LogP contribution is -2.31. The van der Waals surface area contributed by atoms with Crippen molar-refractivity contribution in [2.24, 2.45) is 0 Å². The number of nitrogens with zero attached hydrogens (tertiary/aromatic N) is 1. The summed E-state index contributed by atoms with van der Waals surface area (Å²) in [6.45, 7) is 0.194. The van der Waals surface area contributed by atoms with Crippen molar-refractivity contribution < 1.29 is 40.6 Å². The van der Waals surface area contributed by atoms with Crippen molar-refractivity contribution in [3.63, 3.8) is 0 Å². The molecule has 30 heavy (non-hydrogen) atoms. The first kappa shape index (κ1) is 21.8. The Hall–Kier alpha value is -2.91. The number of ether oxygens (including phenoxy) is 2. The quantitative estimate of drug-likeness (QED) is 0.636. The van der Waals surface area contributed by atoms with Gasteiger partial charge in [-0.3, -0.25) is 4.79 Å². The predicted molar refractivity (Wildman–Crippen MR) is 94.4 cm³/mol. The van der Waals surface area contributed by atoms with Crippen molar-refractivity contribution in [1.29, 1.82) is 0 Å². The lowest BCUT2D eigenvalue weighted by Gasteiger charge is -2.19. The van der Waals surface area contributed by atoms with Gasteiger partial charge in [-0.15, -0.1) is 0 Å². The second kappa shape index (κ2) is 8.08. The van der Waals surface area contributed by atoms with Crippen LogP contribution in [0.3, 0.4) is 0 Å². The first-order chi connectivity index (χ1) is 14.0. The Kier molecular flexibility index (Phi) is 5.87. The minimum Gasteiger partial charge on any atom is -0.497 e. The van der Waals surface area contributed by atoms with E-state index in [9.17, 15) is 31.1 Å². The molecule has 1 heterocycles. The van der Waals surface area contributed by atoms with Gasteiger partial charge in [-0.05, 0) is 42.5 Å². The molecular weight excluding hydrogens is 416 g/mol. The standard InChI is InChI=1S/C20H17F6NO3/c1-29-15-2-4-16(5-3-15)30-17-6-7-27(11-17)18(28)12-8-13(19(21,22)23)10-14(9-12)20(24,25)26/h2-5,8-10,17H,6-7,11H2,1H3/t17-/m1/s1. The van der Waals surface area contributed by atoms with E-state index < -0.39 is 41.1 Å². The summed E-state index contributed by atoms with van der Waals surface area (Å²) in [6.07, 6.45) is -10.1. The molecule has 1 aliphatic rings. The van der Waals surface area contributed by atoms with Gasteiger partial charge in [-0.25, -0.2) is 0 Å². The van der Waals surface area contributed by atoms with E-state index in [2.05, 4.69) is 0 Å². The summed E-state index contributed by atoms with van der Waals surface area (Å²) in [5.41, 5.74) is -3.71. The molecule has 0 aromatic heterocycles. The van der Waals surface area contributed by atoms with Gasteiger partial charge in [0.25, 0.3) is 5.91 Å². The Bertz CT molecular complexity index is 876. The van der Waals surface area contributed by atoms with Crippen LogP contribution >= 0.6 is 0 Å². The van der Waals surface area contributed by atoms with E-state index in [1.54, 1.807) is 24.3 Å². The molecule has 1 aliphatic heterocycles. The molecule has 1 atom stereocenters. The Balaban J connectivity index is 1.76. The Labute approximate surface area is 168 Å². The van der Waals surface area contributed by atoms with E-state index in [-0.39, 0.29) is 19.2 Å². The van der Waals surface area contributed by atoms with Crippen LogP contribution in [0.25, 0.3) is 0 Å². The number of methoxy groups -OCH3 is 1. The number of carbonyl (C=O) groups is 1. The van der Waals surface area contributed by atoms with Crippen LogP contribution in [0.2, 0.25) is 0 Å². The van der Waals surface area contributed by atoms with Crippen LogP contribution in [-0.4, -0.2) is 37.1 Å². The molecule has 1 amide bonds. The molecule has 0 unspecified atom stereocenters. The van der Waals surface area contributed by atoms with Gasteiger partial charge in [-0.1, -0.05) is 0 Å². The molecule has 162 valence electrons. The van der Waals surface area contributed by atoms with Gasteiger partial charge in [0.05, 0.1) is 24.8 Å². The zero-order valence-corrected chi connectivity index (χ0v) is 15.7. The summed E-state index contributed by atoms with van der Waals surface area (Å²) < 4.78 is 88.9. The zero-order valence-electron chi connectivity index (χ0n) is 15.7. The molecule has 3 rings (SSSR count). The number of amides is 1. The molecule has 4 nitrogen and oxygen atoms in total. The summed E-state index contributed by atoms with van der Waals surface area (Å²) >= 11 is 0. The maximum absolute atomic E-state index is 13.0. The number of likely N-dealkylation sites (tertiary alicyclic amines) is 1. The number of hydrogen-bond donors (Lipinski definition) is 0. The largest absolute Gasteiger partial charge is 0.497 e. The van der Waals surface area contributed by atoms with E-state index in [4.69, 9.17) is 9.47 Å². The maximum atomic E-state index is 13.0. The van der Waals surface area contributed by atoms with Gasteiger partial charge >= 0.3 is 12.4 Å². The molecule has 0 aliphatic carbocycles. The summed E-state index contributed by atoms with van der Waals surface area (Å²) in [6, 6.07) is 7.54. The Morgan fingerprint density at radius 2 is 1.47 bits per heavy atom. The minimum atomic E-state index is -5.01. The van der Waals surface area contributed by atoms with Gasteiger partial charge in [-0.2, -0.15) is 26.3 Å². The third-order valence-electron chi connectivity index (χ3n) is 4.63. The third kappa shape index (κ3) is 4.98. The van der Waals surface area contributed by atoms with Crippen LogP contribution in [0, 0.1) is 0 Å². The molecule has 1 saturated heterocycles. The van der Waals surface area contributed by atoms with Crippen LogP contribution in [0.1, 0.15) is 27.9 Å². The number of carbonyl (C=O) groups excluding carboxylic acids is 1. The van der Waals surface area contributed by atoms with E-state index in [1.807, 2.05) is 0 Å². The third-order valence-corrected chi connectivity index (χ3v) is 4.63. The summed E-state index contributed by atoms with van der Waals surface area (Å²) in [5, 5.41) is 0. The topological polar surface area (TPSA) is 38.8 Å². The summed E-state index contributed by atoms with van der Waals surface area (Å²) in [5.74, 6) is 0.219. The minimum absolute atomic E-state index is 0.00362. The zero-order chi connectivity index (χ0) is 22.1. The number of alkyl halides is 6. The second-order valence-corrected chi connectivity index (χ2v) is 6.75. The molecular formula is C20H17F6NO3. The normalized spacial score (nSPS) is 17.2. The van der Waals surface area contributed by atoms with Crippen molar-refractivity contribution >= 4 is 5.91 Å². The first-order valence-electron chi connectivity index (χ1n) is 8.87. The average Bonchev–Trinajstić information content (AvgIpc) is 3.14. The lowest BCUT2D eigenvalue weighted by atomic mass is 10.0. The number of benzene rings is 2. The highest BCUT2D eigenvalue weighted by molar-refractivity contribution is 5.95. The van der Waals surface area contributed by atoms with Crippen LogP contribution in [-0.2, 0) is 12.4 Å². The molecule has 0 bridgehead atoms. The molecule has 0 saturated carbocycles. The lowest BCUT2D eigenvalue weighted by molar-refractivity contribution is -0.143. The molecule has 2 aromatic rings. The fraction of sp³-hybridized carbons (Fsp3) is 0.350. The Morgan fingerprint density at radius 3 is 1.97 bits per heavy atom. The van der Waals surface area contributed by atoms with Gasteiger partial charge in [0.2, 0.25) is 0 Å². The SMILES string of the molecule is COc1ccc(O[C@@H]2CCN(C(=O)c3cc(C(F)(F)F)cc(C(F)(F)F)c3)C2)cc1. The van der Waals surface area contributed by atoms with E-state index >= 15 is 0 Å². The fourth-order valence-corrected chi connectivity index (χ4v) is 3.12. The Morgan fingerprint density at radius 1 is 0.933 bits per heavy atom. The fourth-order valence-electron chi connectivity index (χ4n) is 3.12. The molecule has 1 fully saturated rings. The summed E-state index contributed by atoms with van der Waals surface area (Å²) in [4.78, 5) is 13.8. The van der Waals surface area contributed by atoms with E-state index in [0.29, 0.717) is 30.1 Å². The number of rotatable bonds is 4. The molecule has 10 heteroatoms. The van der Waals surface area contributed by atoms with Crippen molar-refractivity contribution in [2.75, 3.05) is 20.2 Å². The second-order valence-electron chi connectivity index (χ2n) is 6.75. The van der Waals surface area contributed by atoms with Gasteiger partial charge in [0.1, 0.15) is 17.6 Å². The van der Waals surface area contributed by atoms with Crippen molar-refractivity contribution in [3.05, 3.63) is 59.2 Å².